The lowest BCUT2D eigenvalue weighted by Gasteiger charge is -2.13. The Morgan fingerprint density at radius 3 is 2.79 bits per heavy atom. The number of nitriles is 1. The second-order valence-electron chi connectivity index (χ2n) is 6.97. The molecule has 9 heteroatoms. The van der Waals surface area contributed by atoms with Crippen molar-refractivity contribution in [1.29, 1.82) is 5.26 Å². The van der Waals surface area contributed by atoms with Crippen molar-refractivity contribution in [2.45, 2.75) is 6.42 Å². The summed E-state index contributed by atoms with van der Waals surface area (Å²) in [6.45, 7) is 0.868. The van der Waals surface area contributed by atoms with E-state index in [0.29, 0.717) is 53.7 Å². The number of aliphatic imine (C=N–C) groups is 1. The lowest BCUT2D eigenvalue weighted by atomic mass is 10.0. The van der Waals surface area contributed by atoms with Gasteiger partial charge in [-0.2, -0.15) is 5.26 Å². The second-order valence-corrected chi connectivity index (χ2v) is 7.15. The van der Waals surface area contributed by atoms with Crippen molar-refractivity contribution in [3.05, 3.63) is 71.4 Å². The molecule has 0 aliphatic carbocycles. The van der Waals surface area contributed by atoms with Gasteiger partial charge in [0.1, 0.15) is 17.7 Å². The lowest BCUT2D eigenvalue weighted by molar-refractivity contribution is 0.0937. The highest BCUT2D eigenvalue weighted by Gasteiger charge is 2.13. The molecule has 0 saturated heterocycles. The number of hydrogen-bond donors (Lipinski definition) is 3. The number of hydrogen-bond acceptors (Lipinski definition) is 8. The fraction of sp³-hybridized carbons (Fsp3) is 0.208. The highest BCUT2D eigenvalue weighted by Crippen LogP contribution is 2.28. The number of rotatable bonds is 8. The molecule has 0 bridgehead atoms. The summed E-state index contributed by atoms with van der Waals surface area (Å²) in [5.74, 6) is 1.41. The van der Waals surface area contributed by atoms with Crippen LogP contribution < -0.4 is 19.6 Å². The molecule has 1 aliphatic rings. The molecule has 0 fully saturated rings. The largest absolute Gasteiger partial charge is 0.495 e. The van der Waals surface area contributed by atoms with E-state index < -0.39 is 0 Å². The molecule has 2 aromatic rings. The van der Waals surface area contributed by atoms with Gasteiger partial charge in [-0.25, -0.2) is 4.99 Å². The van der Waals surface area contributed by atoms with Gasteiger partial charge in [0.05, 0.1) is 25.0 Å². The van der Waals surface area contributed by atoms with Crippen molar-refractivity contribution in [3.63, 3.8) is 0 Å². The zero-order chi connectivity index (χ0) is 23.6. The van der Waals surface area contributed by atoms with E-state index in [9.17, 15) is 4.79 Å². The maximum absolute atomic E-state index is 12.3. The third kappa shape index (κ3) is 6.16. The minimum absolute atomic E-state index is 0.203. The molecule has 0 aromatic heterocycles. The summed E-state index contributed by atoms with van der Waals surface area (Å²) in [7, 11) is 3.13. The number of anilines is 1. The van der Waals surface area contributed by atoms with Gasteiger partial charge in [0, 0.05) is 44.7 Å². The van der Waals surface area contributed by atoms with Gasteiger partial charge in [0.25, 0.3) is 5.91 Å². The van der Waals surface area contributed by atoms with Crippen LogP contribution in [0.2, 0.25) is 0 Å². The summed E-state index contributed by atoms with van der Waals surface area (Å²) in [5.41, 5.74) is 3.29. The molecule has 0 unspecified atom stereocenters. The van der Waals surface area contributed by atoms with Crippen molar-refractivity contribution in [3.8, 4) is 17.6 Å². The molecule has 2 aromatic carbocycles. The van der Waals surface area contributed by atoms with E-state index in [1.807, 2.05) is 18.2 Å². The van der Waals surface area contributed by atoms with Gasteiger partial charge in [-0.3, -0.25) is 4.79 Å². The average Bonchev–Trinajstić information content (AvgIpc) is 3.09. The number of thiol groups is 1. The number of carbonyl (C=O) groups excluding carboxylic acids is 1. The van der Waals surface area contributed by atoms with Crippen molar-refractivity contribution in [2.24, 2.45) is 4.99 Å². The van der Waals surface area contributed by atoms with Crippen LogP contribution in [0.5, 0.6) is 11.5 Å². The van der Waals surface area contributed by atoms with Crippen LogP contribution in [0.15, 0.2) is 59.7 Å². The number of ether oxygens (including phenoxy) is 2. The van der Waals surface area contributed by atoms with Gasteiger partial charge in [-0.05, 0) is 41.5 Å². The molecular weight excluding hydrogens is 440 g/mol. The smallest absolute Gasteiger partial charge is 0.251 e. The van der Waals surface area contributed by atoms with E-state index in [1.165, 1.54) is 0 Å². The molecule has 3 rings (SSSR count). The first-order valence-electron chi connectivity index (χ1n) is 10.1. The third-order valence-electron chi connectivity index (χ3n) is 4.84. The van der Waals surface area contributed by atoms with Crippen LogP contribution in [-0.2, 0) is 4.74 Å². The molecule has 33 heavy (non-hydrogen) atoms. The molecule has 0 atom stereocenters. The van der Waals surface area contributed by atoms with E-state index >= 15 is 0 Å². The van der Waals surface area contributed by atoms with Gasteiger partial charge in [0.2, 0.25) is 0 Å². The number of amides is 1. The Balaban J connectivity index is 1.78. The Morgan fingerprint density at radius 1 is 1.21 bits per heavy atom. The van der Waals surface area contributed by atoms with Gasteiger partial charge in [-0.15, -0.1) is 0 Å². The number of nitrogens with one attached hydrogen (secondary N) is 2. The molecular formula is C24H24N4O4S. The predicted octanol–water partition coefficient (Wildman–Crippen LogP) is 3.98. The zero-order valence-electron chi connectivity index (χ0n) is 18.3. The number of nitrogens with zero attached hydrogens (tertiary/aromatic N) is 2. The minimum Gasteiger partial charge on any atom is -0.495 e. The predicted molar refractivity (Wildman–Crippen MR) is 131 cm³/mol. The molecule has 2 N–H and O–H groups in total. The third-order valence-corrected chi connectivity index (χ3v) is 5.03. The van der Waals surface area contributed by atoms with Crippen molar-refractivity contribution >= 4 is 35.9 Å². The fourth-order valence-electron chi connectivity index (χ4n) is 3.12. The number of amidine groups is 1. The zero-order valence-corrected chi connectivity index (χ0v) is 19.2. The van der Waals surface area contributed by atoms with E-state index in [0.717, 1.165) is 11.1 Å². The molecule has 8 nitrogen and oxygen atoms in total. The lowest BCUT2D eigenvalue weighted by Crippen LogP contribution is -2.27. The Labute approximate surface area is 198 Å². The fourth-order valence-corrected chi connectivity index (χ4v) is 3.28. The first-order valence-corrected chi connectivity index (χ1v) is 10.5. The maximum atomic E-state index is 12.3. The molecule has 1 heterocycles. The highest BCUT2D eigenvalue weighted by molar-refractivity contribution is 7.75. The number of carbonyl (C=O) groups is 1. The maximum Gasteiger partial charge on any atom is 0.251 e. The summed E-state index contributed by atoms with van der Waals surface area (Å²) < 4.78 is 15.4. The normalized spacial score (nSPS) is 12.7. The molecule has 1 aliphatic heterocycles. The van der Waals surface area contributed by atoms with E-state index in [1.54, 1.807) is 50.8 Å². The Kier molecular flexibility index (Phi) is 8.52. The average molecular weight is 465 g/mol. The monoisotopic (exact) mass is 464 g/mol. The van der Waals surface area contributed by atoms with Crippen LogP contribution in [-0.4, -0.2) is 39.1 Å². The van der Waals surface area contributed by atoms with Gasteiger partial charge >= 0.3 is 0 Å². The standard InChI is InChI=1S/C24H24N4O4S/c1-30-11-10-26-24(29)17-8-9-20(22(13-17)31-2)28-23-5-3-4-19(15-27-23)16-6-7-18(14-25)21(12-16)32-33/h3-4,6-9,12-13,15,33H,5,10-11H2,1-2H3,(H,26,29)(H,27,28). The van der Waals surface area contributed by atoms with Crippen LogP contribution in [0.4, 0.5) is 5.69 Å². The van der Waals surface area contributed by atoms with Crippen molar-refractivity contribution < 1.29 is 18.5 Å². The highest BCUT2D eigenvalue weighted by atomic mass is 32.1. The van der Waals surface area contributed by atoms with Crippen LogP contribution >= 0.6 is 12.9 Å². The molecule has 0 spiro atoms. The number of allylic oxidation sites excluding steroid dienone is 2. The van der Waals surface area contributed by atoms with E-state index in [-0.39, 0.29) is 5.91 Å². The molecule has 170 valence electrons. The van der Waals surface area contributed by atoms with Crippen LogP contribution in [0.25, 0.3) is 5.57 Å². The van der Waals surface area contributed by atoms with Crippen LogP contribution in [0.3, 0.4) is 0 Å². The summed E-state index contributed by atoms with van der Waals surface area (Å²) in [5, 5.41) is 15.2. The summed E-state index contributed by atoms with van der Waals surface area (Å²) in [6.07, 6.45) is 6.23. The first-order chi connectivity index (χ1) is 16.1. The molecule has 0 radical (unpaired) electrons. The Bertz CT molecular complexity index is 1150. The summed E-state index contributed by atoms with van der Waals surface area (Å²) >= 11 is 3.83. The second kappa shape index (κ2) is 11.8. The van der Waals surface area contributed by atoms with Crippen molar-refractivity contribution in [2.75, 3.05) is 32.7 Å². The number of methoxy groups -OCH3 is 2. The minimum atomic E-state index is -0.203. The van der Waals surface area contributed by atoms with Crippen LogP contribution in [0.1, 0.15) is 27.9 Å². The SMILES string of the molecule is COCCNC(=O)c1ccc(NC2=NC=C(c3ccc(C#N)c(OS)c3)C=CC2)c(OC)c1. The molecule has 0 saturated carbocycles. The first kappa shape index (κ1) is 23.9. The summed E-state index contributed by atoms with van der Waals surface area (Å²) in [4.78, 5) is 16.8. The van der Waals surface area contributed by atoms with Gasteiger partial charge in [-0.1, -0.05) is 18.2 Å². The number of benzene rings is 2. The van der Waals surface area contributed by atoms with Crippen LogP contribution in [0, 0.1) is 11.3 Å². The van der Waals surface area contributed by atoms with Crippen molar-refractivity contribution in [1.82, 2.24) is 5.32 Å². The quantitative estimate of drug-likeness (QED) is 0.310. The van der Waals surface area contributed by atoms with E-state index in [2.05, 4.69) is 34.6 Å². The van der Waals surface area contributed by atoms with E-state index in [4.69, 9.17) is 18.9 Å². The van der Waals surface area contributed by atoms with Gasteiger partial charge < -0.3 is 24.3 Å². The Morgan fingerprint density at radius 2 is 2.06 bits per heavy atom. The molecule has 1 amide bonds. The summed E-state index contributed by atoms with van der Waals surface area (Å²) in [6, 6.07) is 12.5. The Hall–Kier alpha value is -3.74. The topological polar surface area (TPSA) is 105 Å². The van der Waals surface area contributed by atoms with Gasteiger partial charge in [0.15, 0.2) is 5.75 Å².